The van der Waals surface area contributed by atoms with Crippen LogP contribution in [0.5, 0.6) is 0 Å². The highest BCUT2D eigenvalue weighted by Crippen LogP contribution is 2.61. The van der Waals surface area contributed by atoms with Gasteiger partial charge >= 0.3 is 5.97 Å². The number of fused-ring (bicyclic) bond motifs is 1. The summed E-state index contributed by atoms with van der Waals surface area (Å²) in [4.78, 5) is 13.0. The fraction of sp³-hybridized carbons (Fsp3) is 0.306. The summed E-state index contributed by atoms with van der Waals surface area (Å²) in [5, 5.41) is 2.16. The number of hydrogen-bond donors (Lipinski definition) is 0. The van der Waals surface area contributed by atoms with Crippen molar-refractivity contribution >= 4 is 22.8 Å². The normalized spacial score (nSPS) is 25.4. The van der Waals surface area contributed by atoms with Gasteiger partial charge in [-0.2, -0.15) is 0 Å². The SMILES string of the molecule is C=Cc1ccc(-c2ccccc2COC(=O)c2ccc3ccccc3c2)cc1C12CC3CC(CC(C3)C1)C2. The first-order chi connectivity index (χ1) is 18.6. The van der Waals surface area contributed by atoms with E-state index in [9.17, 15) is 4.79 Å². The van der Waals surface area contributed by atoms with Gasteiger partial charge in [0.05, 0.1) is 5.56 Å². The molecular weight excluding hydrogens is 464 g/mol. The number of rotatable bonds is 6. The second-order valence-corrected chi connectivity index (χ2v) is 12.0. The highest BCUT2D eigenvalue weighted by Gasteiger charge is 2.52. The van der Waals surface area contributed by atoms with Crippen molar-refractivity contribution in [3.63, 3.8) is 0 Å². The average molecular weight is 499 g/mol. The summed E-state index contributed by atoms with van der Waals surface area (Å²) in [5.74, 6) is 2.39. The Bertz CT molecular complexity index is 1510. The zero-order valence-electron chi connectivity index (χ0n) is 21.9. The lowest BCUT2D eigenvalue weighted by atomic mass is 9.47. The molecule has 0 aliphatic heterocycles. The molecule has 0 N–H and O–H groups in total. The van der Waals surface area contributed by atoms with Crippen LogP contribution < -0.4 is 0 Å². The van der Waals surface area contributed by atoms with Gasteiger partial charge in [-0.15, -0.1) is 0 Å². The predicted molar refractivity (Wildman–Crippen MR) is 155 cm³/mol. The zero-order chi connectivity index (χ0) is 25.7. The fourth-order valence-electron chi connectivity index (χ4n) is 8.27. The van der Waals surface area contributed by atoms with Crippen molar-refractivity contribution in [2.24, 2.45) is 17.8 Å². The molecule has 4 aliphatic rings. The van der Waals surface area contributed by atoms with Gasteiger partial charge in [-0.1, -0.05) is 79.4 Å². The quantitative estimate of drug-likeness (QED) is 0.248. The maximum atomic E-state index is 13.0. The molecule has 4 saturated carbocycles. The van der Waals surface area contributed by atoms with Crippen molar-refractivity contribution in [3.8, 4) is 11.1 Å². The molecule has 4 aliphatic carbocycles. The van der Waals surface area contributed by atoms with Crippen LogP contribution in [0, 0.1) is 17.8 Å². The molecule has 0 heterocycles. The Morgan fingerprint density at radius 2 is 1.50 bits per heavy atom. The van der Waals surface area contributed by atoms with Crippen molar-refractivity contribution in [3.05, 3.63) is 114 Å². The van der Waals surface area contributed by atoms with Crippen LogP contribution >= 0.6 is 0 Å². The largest absolute Gasteiger partial charge is 0.457 e. The van der Waals surface area contributed by atoms with E-state index in [0.29, 0.717) is 11.0 Å². The van der Waals surface area contributed by atoms with Crippen molar-refractivity contribution in [2.45, 2.75) is 50.5 Å². The van der Waals surface area contributed by atoms with Crippen molar-refractivity contribution in [2.75, 3.05) is 0 Å². The van der Waals surface area contributed by atoms with Gasteiger partial charge in [-0.3, -0.25) is 0 Å². The molecule has 4 aromatic carbocycles. The highest BCUT2D eigenvalue weighted by atomic mass is 16.5. The first-order valence-corrected chi connectivity index (χ1v) is 14.1. The number of benzene rings is 4. The molecular formula is C36H34O2. The van der Waals surface area contributed by atoms with Crippen molar-refractivity contribution in [1.82, 2.24) is 0 Å². The van der Waals surface area contributed by atoms with Gasteiger partial charge in [-0.05, 0) is 118 Å². The van der Waals surface area contributed by atoms with E-state index in [1.165, 1.54) is 55.2 Å². The molecule has 4 bridgehead atoms. The van der Waals surface area contributed by atoms with Crippen LogP contribution in [0.4, 0.5) is 0 Å². The molecule has 0 radical (unpaired) electrons. The number of esters is 1. The van der Waals surface area contributed by atoms with E-state index in [-0.39, 0.29) is 12.6 Å². The van der Waals surface area contributed by atoms with Crippen LogP contribution in [0.2, 0.25) is 0 Å². The number of ether oxygens (including phenoxy) is 1. The van der Waals surface area contributed by atoms with Crippen LogP contribution in [-0.4, -0.2) is 5.97 Å². The van der Waals surface area contributed by atoms with Gasteiger partial charge in [0.1, 0.15) is 6.61 Å². The Hall–Kier alpha value is -3.65. The summed E-state index contributed by atoms with van der Waals surface area (Å²) >= 11 is 0. The summed E-state index contributed by atoms with van der Waals surface area (Å²) in [6.45, 7) is 4.43. The Morgan fingerprint density at radius 1 is 0.816 bits per heavy atom. The van der Waals surface area contributed by atoms with Gasteiger partial charge in [0.25, 0.3) is 0 Å². The summed E-state index contributed by atoms with van der Waals surface area (Å²) in [6, 6.07) is 29.1. The maximum Gasteiger partial charge on any atom is 0.338 e. The summed E-state index contributed by atoms with van der Waals surface area (Å²) in [7, 11) is 0. The topological polar surface area (TPSA) is 26.3 Å². The number of hydrogen-bond acceptors (Lipinski definition) is 2. The molecule has 8 rings (SSSR count). The standard InChI is InChI=1S/C36H34O2/c1-2-27-11-13-30(19-34(27)36-20-24-15-25(21-36)17-26(16-24)22-36)33-10-6-5-9-32(33)23-38-35(37)31-14-12-28-7-3-4-8-29(28)18-31/h2-14,18-19,24-26H,1,15-17,20-23H2. The fourth-order valence-corrected chi connectivity index (χ4v) is 8.27. The third kappa shape index (κ3) is 4.07. The molecule has 0 unspecified atom stereocenters. The molecule has 0 saturated heterocycles. The molecule has 2 heteroatoms. The van der Waals surface area contributed by atoms with E-state index < -0.39 is 0 Å². The van der Waals surface area contributed by atoms with E-state index in [4.69, 9.17) is 4.74 Å². The Morgan fingerprint density at radius 3 is 2.24 bits per heavy atom. The molecule has 0 atom stereocenters. The first kappa shape index (κ1) is 23.5. The van der Waals surface area contributed by atoms with Gasteiger partial charge in [-0.25, -0.2) is 4.79 Å². The summed E-state index contributed by atoms with van der Waals surface area (Å²) < 4.78 is 5.85. The summed E-state index contributed by atoms with van der Waals surface area (Å²) in [6.07, 6.45) is 10.3. The van der Waals surface area contributed by atoms with Crippen LogP contribution in [0.25, 0.3) is 28.0 Å². The van der Waals surface area contributed by atoms with Crippen molar-refractivity contribution < 1.29 is 9.53 Å². The summed E-state index contributed by atoms with van der Waals surface area (Å²) in [5.41, 5.74) is 7.04. The lowest BCUT2D eigenvalue weighted by molar-refractivity contribution is -0.00525. The maximum absolute atomic E-state index is 13.0. The van der Waals surface area contributed by atoms with E-state index in [2.05, 4.69) is 55.1 Å². The Balaban J connectivity index is 1.18. The highest BCUT2D eigenvalue weighted by molar-refractivity contribution is 5.95. The molecule has 0 aromatic heterocycles. The van der Waals surface area contributed by atoms with Gasteiger partial charge in [0.15, 0.2) is 0 Å². The Kier molecular flexibility index (Phi) is 5.73. The van der Waals surface area contributed by atoms with Gasteiger partial charge < -0.3 is 4.74 Å². The van der Waals surface area contributed by atoms with E-state index in [1.54, 1.807) is 0 Å². The molecule has 4 fully saturated rings. The molecule has 4 aromatic rings. The van der Waals surface area contributed by atoms with Crippen LogP contribution in [-0.2, 0) is 16.8 Å². The third-order valence-corrected chi connectivity index (χ3v) is 9.56. The minimum absolute atomic E-state index is 0.248. The van der Waals surface area contributed by atoms with Gasteiger partial charge in [0.2, 0.25) is 0 Å². The lowest BCUT2D eigenvalue weighted by Gasteiger charge is -2.57. The van der Waals surface area contributed by atoms with Crippen LogP contribution in [0.15, 0.2) is 91.5 Å². The van der Waals surface area contributed by atoms with Crippen molar-refractivity contribution in [1.29, 1.82) is 0 Å². The van der Waals surface area contributed by atoms with Gasteiger partial charge in [0, 0.05) is 0 Å². The monoisotopic (exact) mass is 498 g/mol. The average Bonchev–Trinajstić information content (AvgIpc) is 2.95. The second-order valence-electron chi connectivity index (χ2n) is 12.0. The second kappa shape index (κ2) is 9.27. The Labute approximate surface area is 225 Å². The third-order valence-electron chi connectivity index (χ3n) is 9.56. The smallest absolute Gasteiger partial charge is 0.338 e. The van der Waals surface area contributed by atoms with Crippen LogP contribution in [0.3, 0.4) is 0 Å². The molecule has 190 valence electrons. The number of carbonyl (C=O) groups is 1. The lowest BCUT2D eigenvalue weighted by Crippen LogP contribution is -2.48. The molecule has 38 heavy (non-hydrogen) atoms. The minimum atomic E-state index is -0.290. The van der Waals surface area contributed by atoms with E-state index >= 15 is 0 Å². The molecule has 0 spiro atoms. The number of carbonyl (C=O) groups excluding carboxylic acids is 1. The molecule has 2 nitrogen and oxygen atoms in total. The zero-order valence-corrected chi connectivity index (χ0v) is 21.9. The minimum Gasteiger partial charge on any atom is -0.457 e. The van der Waals surface area contributed by atoms with E-state index in [0.717, 1.165) is 39.7 Å². The first-order valence-electron chi connectivity index (χ1n) is 14.1. The molecule has 0 amide bonds. The van der Waals surface area contributed by atoms with E-state index in [1.807, 2.05) is 42.5 Å². The predicted octanol–water partition coefficient (Wildman–Crippen LogP) is 8.97. The van der Waals surface area contributed by atoms with Crippen LogP contribution in [0.1, 0.15) is 65.6 Å².